The smallest absolute Gasteiger partial charge is 0.338 e. The molecule has 1 aliphatic rings. The van der Waals surface area contributed by atoms with Crippen molar-refractivity contribution in [3.05, 3.63) is 33.9 Å². The zero-order chi connectivity index (χ0) is 14.7. The number of benzene rings is 1. The normalized spacial score (nSPS) is 18.9. The number of carboxylic acids is 1. The molecule has 0 bridgehead atoms. The van der Waals surface area contributed by atoms with Gasteiger partial charge in [-0.3, -0.25) is 10.1 Å². The quantitative estimate of drug-likeness (QED) is 0.676. The lowest BCUT2D eigenvalue weighted by molar-refractivity contribution is -0.384. The highest BCUT2D eigenvalue weighted by molar-refractivity contribution is 5.95. The third-order valence-corrected chi connectivity index (χ3v) is 3.83. The number of hydrogen-bond acceptors (Lipinski definition) is 4. The maximum absolute atomic E-state index is 11.4. The first-order valence-corrected chi connectivity index (χ1v) is 6.83. The number of piperidine rings is 1. The number of non-ortho nitro benzene ring substituents is 1. The second-order valence-electron chi connectivity index (χ2n) is 5.01. The number of nitro benzene ring substituents is 1. The highest BCUT2D eigenvalue weighted by atomic mass is 16.6. The Bertz CT molecular complexity index is 530. The molecule has 0 radical (unpaired) electrons. The maximum Gasteiger partial charge on any atom is 0.338 e. The first kappa shape index (κ1) is 14.3. The first-order chi connectivity index (χ1) is 9.54. The molecule has 0 aliphatic carbocycles. The number of nitrogens with zero attached hydrogens (tertiary/aromatic N) is 2. The van der Waals surface area contributed by atoms with Gasteiger partial charge in [-0.1, -0.05) is 6.92 Å². The van der Waals surface area contributed by atoms with Gasteiger partial charge in [-0.25, -0.2) is 4.79 Å². The van der Waals surface area contributed by atoms with E-state index in [1.165, 1.54) is 6.07 Å². The first-order valence-electron chi connectivity index (χ1n) is 6.83. The van der Waals surface area contributed by atoms with Gasteiger partial charge in [-0.15, -0.1) is 0 Å². The Morgan fingerprint density at radius 3 is 2.85 bits per heavy atom. The summed E-state index contributed by atoms with van der Waals surface area (Å²) in [7, 11) is 0. The van der Waals surface area contributed by atoms with Crippen LogP contribution in [0.1, 0.15) is 43.0 Å². The predicted molar refractivity (Wildman–Crippen MR) is 75.3 cm³/mol. The molecule has 1 atom stereocenters. The van der Waals surface area contributed by atoms with E-state index in [1.807, 2.05) is 0 Å². The lowest BCUT2D eigenvalue weighted by atomic mass is 9.97. The Balaban J connectivity index is 2.44. The summed E-state index contributed by atoms with van der Waals surface area (Å²) in [6.45, 7) is 2.88. The number of aromatic carboxylic acids is 1. The molecular formula is C14H18N2O4. The van der Waals surface area contributed by atoms with Gasteiger partial charge in [0.1, 0.15) is 0 Å². The van der Waals surface area contributed by atoms with Crippen LogP contribution in [0.25, 0.3) is 0 Å². The molecule has 0 saturated carbocycles. The van der Waals surface area contributed by atoms with Gasteiger partial charge in [0.25, 0.3) is 5.69 Å². The number of hydrogen-bond donors (Lipinski definition) is 1. The van der Waals surface area contributed by atoms with Gasteiger partial charge in [0.05, 0.1) is 16.2 Å². The molecule has 0 amide bonds. The van der Waals surface area contributed by atoms with E-state index in [0.717, 1.165) is 38.3 Å². The summed E-state index contributed by atoms with van der Waals surface area (Å²) in [5.74, 6) is -1.12. The zero-order valence-electron chi connectivity index (χ0n) is 11.4. The Labute approximate surface area is 117 Å². The highest BCUT2D eigenvalue weighted by Gasteiger charge is 2.26. The molecule has 0 aromatic heterocycles. The topological polar surface area (TPSA) is 83.7 Å². The average Bonchev–Trinajstić information content (AvgIpc) is 2.46. The third-order valence-electron chi connectivity index (χ3n) is 3.83. The molecule has 1 heterocycles. The molecule has 1 saturated heterocycles. The molecule has 1 N–H and O–H groups in total. The number of rotatable bonds is 4. The molecule has 108 valence electrons. The molecule has 1 fully saturated rings. The standard InChI is InChI=1S/C14H18N2O4/c1-2-10-5-3-4-8-15(10)13-7-6-11(16(19)20)9-12(13)14(17)18/h6-7,9-10H,2-5,8H2,1H3,(H,17,18). The van der Waals surface area contributed by atoms with Gasteiger partial charge in [0.15, 0.2) is 0 Å². The third kappa shape index (κ3) is 2.74. The number of carboxylic acid groups (broad SMARTS) is 1. The Kier molecular flexibility index (Phi) is 4.22. The molecular weight excluding hydrogens is 260 g/mol. The van der Waals surface area contributed by atoms with Crippen LogP contribution in [-0.4, -0.2) is 28.6 Å². The summed E-state index contributed by atoms with van der Waals surface area (Å²) in [5, 5.41) is 20.1. The van der Waals surface area contributed by atoms with Crippen LogP contribution in [0, 0.1) is 10.1 Å². The summed E-state index contributed by atoms with van der Waals surface area (Å²) in [5.41, 5.74) is 0.422. The minimum Gasteiger partial charge on any atom is -0.478 e. The van der Waals surface area contributed by atoms with Crippen molar-refractivity contribution in [3.8, 4) is 0 Å². The monoisotopic (exact) mass is 278 g/mol. The van der Waals surface area contributed by atoms with Crippen molar-refractivity contribution in [2.45, 2.75) is 38.6 Å². The van der Waals surface area contributed by atoms with E-state index >= 15 is 0 Å². The van der Waals surface area contributed by atoms with Crippen molar-refractivity contribution in [2.24, 2.45) is 0 Å². The lowest BCUT2D eigenvalue weighted by Crippen LogP contribution is -2.40. The SMILES string of the molecule is CCC1CCCCN1c1ccc([N+](=O)[O-])cc1C(=O)O. The molecule has 0 spiro atoms. The molecule has 6 heteroatoms. The van der Waals surface area contributed by atoms with Crippen LogP contribution in [0.15, 0.2) is 18.2 Å². The Morgan fingerprint density at radius 2 is 2.25 bits per heavy atom. The van der Waals surface area contributed by atoms with Crippen molar-refractivity contribution in [3.63, 3.8) is 0 Å². The second-order valence-corrected chi connectivity index (χ2v) is 5.01. The Hall–Kier alpha value is -2.11. The van der Waals surface area contributed by atoms with Crippen LogP contribution in [0.3, 0.4) is 0 Å². The fraction of sp³-hybridized carbons (Fsp3) is 0.500. The van der Waals surface area contributed by atoms with Crippen LogP contribution < -0.4 is 4.90 Å². The largest absolute Gasteiger partial charge is 0.478 e. The van der Waals surface area contributed by atoms with Gasteiger partial charge in [0, 0.05) is 24.7 Å². The van der Waals surface area contributed by atoms with Gasteiger partial charge in [-0.05, 0) is 31.7 Å². The summed E-state index contributed by atoms with van der Waals surface area (Å²) >= 11 is 0. The summed E-state index contributed by atoms with van der Waals surface area (Å²) in [4.78, 5) is 23.7. The van der Waals surface area contributed by atoms with Crippen LogP contribution in [0.5, 0.6) is 0 Å². The maximum atomic E-state index is 11.4. The minimum atomic E-state index is -1.12. The minimum absolute atomic E-state index is 0.0135. The van der Waals surface area contributed by atoms with Gasteiger partial charge < -0.3 is 10.0 Å². The van der Waals surface area contributed by atoms with Crippen molar-refractivity contribution in [1.82, 2.24) is 0 Å². The van der Waals surface area contributed by atoms with Crippen molar-refractivity contribution in [2.75, 3.05) is 11.4 Å². The van der Waals surface area contributed by atoms with Crippen molar-refractivity contribution >= 4 is 17.3 Å². The van der Waals surface area contributed by atoms with Crippen LogP contribution >= 0.6 is 0 Å². The van der Waals surface area contributed by atoms with E-state index in [4.69, 9.17) is 0 Å². The summed E-state index contributed by atoms with van der Waals surface area (Å²) < 4.78 is 0. The van der Waals surface area contributed by atoms with Gasteiger partial charge in [0.2, 0.25) is 0 Å². The van der Waals surface area contributed by atoms with E-state index < -0.39 is 10.9 Å². The lowest BCUT2D eigenvalue weighted by Gasteiger charge is -2.37. The van der Waals surface area contributed by atoms with Crippen LogP contribution in [0.4, 0.5) is 11.4 Å². The summed E-state index contributed by atoms with van der Waals surface area (Å²) in [6, 6.07) is 4.40. The van der Waals surface area contributed by atoms with Gasteiger partial charge >= 0.3 is 5.97 Å². The molecule has 1 aromatic rings. The molecule has 2 rings (SSSR count). The fourth-order valence-electron chi connectivity index (χ4n) is 2.80. The molecule has 1 aromatic carbocycles. The van der Waals surface area contributed by atoms with Crippen LogP contribution in [0.2, 0.25) is 0 Å². The van der Waals surface area contributed by atoms with E-state index in [-0.39, 0.29) is 11.3 Å². The number of nitro groups is 1. The second kappa shape index (κ2) is 5.90. The fourth-order valence-corrected chi connectivity index (χ4v) is 2.80. The van der Waals surface area contributed by atoms with Gasteiger partial charge in [-0.2, -0.15) is 0 Å². The molecule has 1 unspecified atom stereocenters. The zero-order valence-corrected chi connectivity index (χ0v) is 11.4. The highest BCUT2D eigenvalue weighted by Crippen LogP contribution is 2.31. The van der Waals surface area contributed by atoms with E-state index in [2.05, 4.69) is 11.8 Å². The van der Waals surface area contributed by atoms with E-state index in [0.29, 0.717) is 11.7 Å². The number of carbonyl (C=O) groups is 1. The Morgan fingerprint density at radius 1 is 1.50 bits per heavy atom. The predicted octanol–water partition coefficient (Wildman–Crippen LogP) is 3.06. The van der Waals surface area contributed by atoms with Crippen LogP contribution in [-0.2, 0) is 0 Å². The van der Waals surface area contributed by atoms with Crippen molar-refractivity contribution < 1.29 is 14.8 Å². The average molecular weight is 278 g/mol. The van der Waals surface area contributed by atoms with Crippen molar-refractivity contribution in [1.29, 1.82) is 0 Å². The van der Waals surface area contributed by atoms with E-state index in [9.17, 15) is 20.0 Å². The molecule has 6 nitrogen and oxygen atoms in total. The van der Waals surface area contributed by atoms with E-state index in [1.54, 1.807) is 6.07 Å². The molecule has 1 aliphatic heterocycles. The summed E-state index contributed by atoms with van der Waals surface area (Å²) in [6.07, 6.45) is 4.14. The molecule has 20 heavy (non-hydrogen) atoms. The number of anilines is 1.